The molecule has 18 heavy (non-hydrogen) atoms. The summed E-state index contributed by atoms with van der Waals surface area (Å²) in [5.41, 5.74) is 1.09. The van der Waals surface area contributed by atoms with Gasteiger partial charge in [-0.3, -0.25) is 4.79 Å². The largest absolute Gasteiger partial charge is 0.372 e. The van der Waals surface area contributed by atoms with Crippen molar-refractivity contribution in [3.05, 3.63) is 35.9 Å². The highest BCUT2D eigenvalue weighted by molar-refractivity contribution is 5.77. The third-order valence-electron chi connectivity index (χ3n) is 2.80. The van der Waals surface area contributed by atoms with Crippen molar-refractivity contribution in [3.63, 3.8) is 0 Å². The fourth-order valence-electron chi connectivity index (χ4n) is 1.77. The molecule has 0 aromatic heterocycles. The Morgan fingerprint density at radius 1 is 1.28 bits per heavy atom. The minimum absolute atomic E-state index is 0.0464. The van der Waals surface area contributed by atoms with Crippen molar-refractivity contribution in [1.82, 2.24) is 5.32 Å². The normalized spacial score (nSPS) is 11.3. The van der Waals surface area contributed by atoms with Gasteiger partial charge in [-0.25, -0.2) is 0 Å². The zero-order chi connectivity index (χ0) is 13.4. The Labute approximate surface area is 110 Å². The Bertz CT molecular complexity index is 360. The van der Waals surface area contributed by atoms with Crippen LogP contribution in [0.1, 0.15) is 32.8 Å². The number of amides is 1. The van der Waals surface area contributed by atoms with Gasteiger partial charge in [-0.05, 0) is 39.2 Å². The zero-order valence-electron chi connectivity index (χ0n) is 11.5. The van der Waals surface area contributed by atoms with E-state index < -0.39 is 0 Å². The minimum atomic E-state index is -0.204. The van der Waals surface area contributed by atoms with Crippen molar-refractivity contribution in [3.8, 4) is 0 Å². The van der Waals surface area contributed by atoms with Gasteiger partial charge in [0.05, 0.1) is 0 Å². The van der Waals surface area contributed by atoms with Gasteiger partial charge in [0.1, 0.15) is 6.61 Å². The smallest absolute Gasteiger partial charge is 0.246 e. The second kappa shape index (κ2) is 7.17. The van der Waals surface area contributed by atoms with Crippen LogP contribution in [0.3, 0.4) is 0 Å². The molecule has 0 aliphatic rings. The maximum Gasteiger partial charge on any atom is 0.246 e. The lowest BCUT2D eigenvalue weighted by atomic mass is 9.95. The van der Waals surface area contributed by atoms with E-state index in [1.165, 1.54) is 5.56 Å². The summed E-state index contributed by atoms with van der Waals surface area (Å²) >= 11 is 0. The van der Waals surface area contributed by atoms with Crippen LogP contribution in [0.5, 0.6) is 0 Å². The third-order valence-corrected chi connectivity index (χ3v) is 2.80. The zero-order valence-corrected chi connectivity index (χ0v) is 11.5. The first kappa shape index (κ1) is 14.7. The third kappa shape index (κ3) is 5.82. The SMILES string of the molecule is CCOCC(=O)NC(C)(C)CCc1ccccc1. The number of hydrogen-bond donors (Lipinski definition) is 1. The first-order chi connectivity index (χ1) is 8.53. The number of carbonyl (C=O) groups is 1. The Kier molecular flexibility index (Phi) is 5.86. The molecular formula is C15H23NO2. The molecule has 0 atom stereocenters. The van der Waals surface area contributed by atoms with Crippen molar-refractivity contribution in [1.29, 1.82) is 0 Å². The van der Waals surface area contributed by atoms with E-state index in [-0.39, 0.29) is 18.1 Å². The van der Waals surface area contributed by atoms with Crippen LogP contribution in [-0.2, 0) is 16.0 Å². The van der Waals surface area contributed by atoms with Gasteiger partial charge < -0.3 is 10.1 Å². The highest BCUT2D eigenvalue weighted by Gasteiger charge is 2.19. The van der Waals surface area contributed by atoms with Crippen LogP contribution in [0.4, 0.5) is 0 Å². The van der Waals surface area contributed by atoms with E-state index in [2.05, 4.69) is 17.4 Å². The van der Waals surface area contributed by atoms with Gasteiger partial charge in [-0.15, -0.1) is 0 Å². The molecule has 3 nitrogen and oxygen atoms in total. The standard InChI is InChI=1S/C15H23NO2/c1-4-18-12-14(17)16-15(2,3)11-10-13-8-6-5-7-9-13/h5-9H,4,10-12H2,1-3H3,(H,16,17). The summed E-state index contributed by atoms with van der Waals surface area (Å²) in [4.78, 5) is 11.6. The molecule has 0 spiro atoms. The number of benzene rings is 1. The van der Waals surface area contributed by atoms with Crippen LogP contribution in [-0.4, -0.2) is 24.7 Å². The van der Waals surface area contributed by atoms with E-state index >= 15 is 0 Å². The molecule has 0 aliphatic heterocycles. The van der Waals surface area contributed by atoms with Crippen LogP contribution in [0, 0.1) is 0 Å². The van der Waals surface area contributed by atoms with Gasteiger partial charge in [0.25, 0.3) is 0 Å². The predicted octanol–water partition coefficient (Wildman–Crippen LogP) is 2.55. The van der Waals surface area contributed by atoms with Crippen molar-refractivity contribution >= 4 is 5.91 Å². The van der Waals surface area contributed by atoms with Gasteiger partial charge in [-0.1, -0.05) is 30.3 Å². The Morgan fingerprint density at radius 2 is 1.94 bits per heavy atom. The number of ether oxygens (including phenoxy) is 1. The average Bonchev–Trinajstić information content (AvgIpc) is 2.35. The van der Waals surface area contributed by atoms with Gasteiger partial charge in [0, 0.05) is 12.1 Å². The quantitative estimate of drug-likeness (QED) is 0.806. The molecule has 0 unspecified atom stereocenters. The summed E-state index contributed by atoms with van der Waals surface area (Å²) in [5.74, 6) is -0.0464. The first-order valence-electron chi connectivity index (χ1n) is 6.46. The molecule has 1 rings (SSSR count). The summed E-state index contributed by atoms with van der Waals surface area (Å²) in [7, 11) is 0. The minimum Gasteiger partial charge on any atom is -0.372 e. The Hall–Kier alpha value is -1.35. The van der Waals surface area contributed by atoms with E-state index in [4.69, 9.17) is 4.74 Å². The number of nitrogens with one attached hydrogen (secondary N) is 1. The molecule has 1 aromatic rings. The van der Waals surface area contributed by atoms with E-state index in [1.807, 2.05) is 39.0 Å². The Balaban J connectivity index is 2.37. The van der Waals surface area contributed by atoms with E-state index in [9.17, 15) is 4.79 Å². The summed E-state index contributed by atoms with van der Waals surface area (Å²) in [6, 6.07) is 10.3. The molecule has 0 saturated carbocycles. The topological polar surface area (TPSA) is 38.3 Å². The number of rotatable bonds is 7. The van der Waals surface area contributed by atoms with Crippen molar-refractivity contribution in [2.75, 3.05) is 13.2 Å². The van der Waals surface area contributed by atoms with Crippen molar-refractivity contribution < 1.29 is 9.53 Å². The maximum absolute atomic E-state index is 11.6. The maximum atomic E-state index is 11.6. The number of aryl methyl sites for hydroxylation is 1. The predicted molar refractivity (Wildman–Crippen MR) is 73.5 cm³/mol. The lowest BCUT2D eigenvalue weighted by Gasteiger charge is -2.26. The lowest BCUT2D eigenvalue weighted by Crippen LogP contribution is -2.45. The molecule has 0 saturated heterocycles. The molecule has 0 heterocycles. The van der Waals surface area contributed by atoms with Gasteiger partial charge >= 0.3 is 0 Å². The molecule has 3 heteroatoms. The summed E-state index contributed by atoms with van der Waals surface area (Å²) in [5, 5.41) is 3.00. The molecule has 1 aromatic carbocycles. The summed E-state index contributed by atoms with van der Waals surface area (Å²) in [6.45, 7) is 6.68. The molecule has 100 valence electrons. The fraction of sp³-hybridized carbons (Fsp3) is 0.533. The molecule has 0 aliphatic carbocycles. The van der Waals surface area contributed by atoms with Crippen LogP contribution >= 0.6 is 0 Å². The average molecular weight is 249 g/mol. The van der Waals surface area contributed by atoms with Gasteiger partial charge in [0.2, 0.25) is 5.91 Å². The molecule has 0 radical (unpaired) electrons. The number of hydrogen-bond acceptors (Lipinski definition) is 2. The molecule has 1 N–H and O–H groups in total. The van der Waals surface area contributed by atoms with Gasteiger partial charge in [0.15, 0.2) is 0 Å². The first-order valence-corrected chi connectivity index (χ1v) is 6.46. The Morgan fingerprint density at radius 3 is 2.56 bits per heavy atom. The lowest BCUT2D eigenvalue weighted by molar-refractivity contribution is -0.127. The van der Waals surface area contributed by atoms with E-state index in [0.717, 1.165) is 12.8 Å². The molecule has 1 amide bonds. The molecule has 0 fully saturated rings. The molecular weight excluding hydrogens is 226 g/mol. The second-order valence-corrected chi connectivity index (χ2v) is 5.05. The summed E-state index contributed by atoms with van der Waals surface area (Å²) in [6.07, 6.45) is 1.87. The van der Waals surface area contributed by atoms with Crippen LogP contribution in [0.15, 0.2) is 30.3 Å². The highest BCUT2D eigenvalue weighted by atomic mass is 16.5. The van der Waals surface area contributed by atoms with Crippen LogP contribution in [0.25, 0.3) is 0 Å². The molecule has 0 bridgehead atoms. The number of carbonyl (C=O) groups excluding carboxylic acids is 1. The van der Waals surface area contributed by atoms with Crippen molar-refractivity contribution in [2.24, 2.45) is 0 Å². The summed E-state index contributed by atoms with van der Waals surface area (Å²) < 4.78 is 5.09. The van der Waals surface area contributed by atoms with E-state index in [0.29, 0.717) is 6.61 Å². The van der Waals surface area contributed by atoms with Crippen molar-refractivity contribution in [2.45, 2.75) is 39.2 Å². The van der Waals surface area contributed by atoms with Crippen LogP contribution in [0.2, 0.25) is 0 Å². The van der Waals surface area contributed by atoms with Crippen LogP contribution < -0.4 is 5.32 Å². The monoisotopic (exact) mass is 249 g/mol. The fourth-order valence-corrected chi connectivity index (χ4v) is 1.77. The van der Waals surface area contributed by atoms with E-state index in [1.54, 1.807) is 0 Å². The highest BCUT2D eigenvalue weighted by Crippen LogP contribution is 2.13. The van der Waals surface area contributed by atoms with Gasteiger partial charge in [-0.2, -0.15) is 0 Å². The second-order valence-electron chi connectivity index (χ2n) is 5.05.